The zero-order valence-corrected chi connectivity index (χ0v) is 11.4. The molecule has 4 N–H and O–H groups in total. The fourth-order valence-electron chi connectivity index (χ4n) is 2.83. The summed E-state index contributed by atoms with van der Waals surface area (Å²) in [5.74, 6) is -0.524. The number of nitrogens with one attached hydrogen (secondary N) is 1. The summed E-state index contributed by atoms with van der Waals surface area (Å²) < 4.78 is 13.6. The Hall–Kier alpha value is -1.62. The molecule has 20 heavy (non-hydrogen) atoms. The van der Waals surface area contributed by atoms with Gasteiger partial charge in [0.1, 0.15) is 5.82 Å². The van der Waals surface area contributed by atoms with Crippen LogP contribution < -0.4 is 11.1 Å². The van der Waals surface area contributed by atoms with E-state index in [2.05, 4.69) is 5.32 Å². The second-order valence-electron chi connectivity index (χ2n) is 5.44. The number of nitrogens with two attached hydrogens (primary N) is 1. The van der Waals surface area contributed by atoms with E-state index in [-0.39, 0.29) is 24.0 Å². The lowest BCUT2D eigenvalue weighted by molar-refractivity contribution is 0.0905. The molecule has 0 heterocycles. The zero-order chi connectivity index (χ0) is 14.5. The normalized spacial score (nSPS) is 22.5. The summed E-state index contributed by atoms with van der Waals surface area (Å²) in [6, 6.07) is 4.05. The molecule has 0 aromatic heterocycles. The number of halogens is 1. The SMILES string of the molecule is Nc1ccc(C(=O)NCC2CCCCC2CO)c(F)c1. The number of hydrogen-bond donors (Lipinski definition) is 3. The summed E-state index contributed by atoms with van der Waals surface area (Å²) in [7, 11) is 0. The predicted molar refractivity (Wildman–Crippen MR) is 75.7 cm³/mol. The summed E-state index contributed by atoms with van der Waals surface area (Å²) >= 11 is 0. The van der Waals surface area contributed by atoms with E-state index < -0.39 is 11.7 Å². The molecule has 1 aromatic carbocycles. The van der Waals surface area contributed by atoms with Crippen molar-refractivity contribution in [1.82, 2.24) is 5.32 Å². The fraction of sp³-hybridized carbons (Fsp3) is 0.533. The molecule has 1 aliphatic carbocycles. The number of rotatable bonds is 4. The Balaban J connectivity index is 1.94. The van der Waals surface area contributed by atoms with Crippen molar-refractivity contribution in [1.29, 1.82) is 0 Å². The molecule has 1 saturated carbocycles. The Bertz CT molecular complexity index is 479. The van der Waals surface area contributed by atoms with Gasteiger partial charge in [-0.3, -0.25) is 4.79 Å². The van der Waals surface area contributed by atoms with Crippen molar-refractivity contribution in [2.24, 2.45) is 11.8 Å². The predicted octanol–water partition coefficient (Wildman–Crippen LogP) is 1.94. The standard InChI is InChI=1S/C15H21FN2O2/c16-14-7-12(17)5-6-13(14)15(20)18-8-10-3-1-2-4-11(10)9-19/h5-7,10-11,19H,1-4,8-9,17H2,(H,18,20). The summed E-state index contributed by atoms with van der Waals surface area (Å²) in [5, 5.41) is 12.1. The first kappa shape index (κ1) is 14.8. The molecule has 1 fully saturated rings. The summed E-state index contributed by atoms with van der Waals surface area (Å²) in [4.78, 5) is 12.0. The molecule has 0 radical (unpaired) electrons. The van der Waals surface area contributed by atoms with E-state index >= 15 is 0 Å². The van der Waals surface area contributed by atoms with Crippen LogP contribution in [0.4, 0.5) is 10.1 Å². The first-order chi connectivity index (χ1) is 9.61. The first-order valence-electron chi connectivity index (χ1n) is 7.06. The Morgan fingerprint density at radius 3 is 2.70 bits per heavy atom. The number of hydrogen-bond acceptors (Lipinski definition) is 3. The second-order valence-corrected chi connectivity index (χ2v) is 5.44. The third-order valence-electron chi connectivity index (χ3n) is 4.06. The van der Waals surface area contributed by atoms with Gasteiger partial charge in [0.15, 0.2) is 0 Å². The molecule has 110 valence electrons. The number of nitrogen functional groups attached to an aromatic ring is 1. The number of anilines is 1. The van der Waals surface area contributed by atoms with E-state index in [1.54, 1.807) is 0 Å². The number of aliphatic hydroxyl groups excluding tert-OH is 1. The largest absolute Gasteiger partial charge is 0.399 e. The molecule has 0 spiro atoms. The van der Waals surface area contributed by atoms with Gasteiger partial charge in [-0.1, -0.05) is 12.8 Å². The molecule has 2 rings (SSSR count). The maximum Gasteiger partial charge on any atom is 0.254 e. The van der Waals surface area contributed by atoms with E-state index in [1.807, 2.05) is 0 Å². The molecular weight excluding hydrogens is 259 g/mol. The minimum absolute atomic E-state index is 0.00978. The van der Waals surface area contributed by atoms with Gasteiger partial charge in [0.05, 0.1) is 5.56 Å². The molecule has 2 atom stereocenters. The van der Waals surface area contributed by atoms with Crippen LogP contribution in [0.25, 0.3) is 0 Å². The molecule has 0 aliphatic heterocycles. The van der Waals surface area contributed by atoms with E-state index in [0.29, 0.717) is 12.2 Å². The van der Waals surface area contributed by atoms with Crippen LogP contribution in [0, 0.1) is 17.7 Å². The van der Waals surface area contributed by atoms with Gasteiger partial charge >= 0.3 is 0 Å². The molecule has 1 amide bonds. The molecular formula is C15H21FN2O2. The molecule has 4 nitrogen and oxygen atoms in total. The van der Waals surface area contributed by atoms with Gasteiger partial charge < -0.3 is 16.2 Å². The van der Waals surface area contributed by atoms with Gasteiger partial charge in [0.25, 0.3) is 5.91 Å². The van der Waals surface area contributed by atoms with Gasteiger partial charge in [-0.05, 0) is 42.9 Å². The van der Waals surface area contributed by atoms with Gasteiger partial charge in [0, 0.05) is 18.8 Å². The molecule has 1 aromatic rings. The van der Waals surface area contributed by atoms with Crippen molar-refractivity contribution in [2.45, 2.75) is 25.7 Å². The Labute approximate surface area is 118 Å². The minimum Gasteiger partial charge on any atom is -0.399 e. The van der Waals surface area contributed by atoms with Crippen LogP contribution in [-0.2, 0) is 0 Å². The van der Waals surface area contributed by atoms with Gasteiger partial charge in [-0.15, -0.1) is 0 Å². The summed E-state index contributed by atoms with van der Waals surface area (Å²) in [5.41, 5.74) is 5.76. The number of amides is 1. The molecule has 0 saturated heterocycles. The van der Waals surface area contributed by atoms with Crippen LogP contribution in [0.15, 0.2) is 18.2 Å². The van der Waals surface area contributed by atoms with Crippen LogP contribution in [0.2, 0.25) is 0 Å². The quantitative estimate of drug-likeness (QED) is 0.738. The van der Waals surface area contributed by atoms with E-state index in [9.17, 15) is 14.3 Å². The lowest BCUT2D eigenvalue weighted by atomic mass is 9.79. The van der Waals surface area contributed by atoms with Gasteiger partial charge in [0.2, 0.25) is 0 Å². The van der Waals surface area contributed by atoms with Crippen molar-refractivity contribution < 1.29 is 14.3 Å². The average molecular weight is 280 g/mol. The van der Waals surface area contributed by atoms with Crippen LogP contribution in [0.1, 0.15) is 36.0 Å². The lowest BCUT2D eigenvalue weighted by Crippen LogP contribution is -2.35. The number of aliphatic hydroxyl groups is 1. The van der Waals surface area contributed by atoms with Crippen molar-refractivity contribution >= 4 is 11.6 Å². The van der Waals surface area contributed by atoms with Crippen molar-refractivity contribution in [3.05, 3.63) is 29.6 Å². The number of carbonyl (C=O) groups excluding carboxylic acids is 1. The highest BCUT2D eigenvalue weighted by atomic mass is 19.1. The van der Waals surface area contributed by atoms with E-state index in [0.717, 1.165) is 31.7 Å². The summed E-state index contributed by atoms with van der Waals surface area (Å²) in [6.07, 6.45) is 4.23. The third kappa shape index (κ3) is 3.48. The molecule has 1 aliphatic rings. The smallest absolute Gasteiger partial charge is 0.254 e. The summed E-state index contributed by atoms with van der Waals surface area (Å²) in [6.45, 7) is 0.630. The van der Waals surface area contributed by atoms with Gasteiger partial charge in [-0.25, -0.2) is 4.39 Å². The van der Waals surface area contributed by atoms with Crippen LogP contribution in [0.5, 0.6) is 0 Å². The van der Waals surface area contributed by atoms with Crippen LogP contribution >= 0.6 is 0 Å². The maximum absolute atomic E-state index is 13.6. The van der Waals surface area contributed by atoms with Crippen molar-refractivity contribution in [2.75, 3.05) is 18.9 Å². The van der Waals surface area contributed by atoms with Crippen molar-refractivity contribution in [3.8, 4) is 0 Å². The third-order valence-corrected chi connectivity index (χ3v) is 4.06. The Morgan fingerprint density at radius 1 is 1.35 bits per heavy atom. The average Bonchev–Trinajstić information content (AvgIpc) is 2.45. The van der Waals surface area contributed by atoms with E-state index in [4.69, 9.17) is 5.73 Å². The maximum atomic E-state index is 13.6. The molecule has 2 unspecified atom stereocenters. The second kappa shape index (κ2) is 6.70. The highest BCUT2D eigenvalue weighted by molar-refractivity contribution is 5.94. The highest BCUT2D eigenvalue weighted by Crippen LogP contribution is 2.29. The zero-order valence-electron chi connectivity index (χ0n) is 11.4. The molecule has 0 bridgehead atoms. The minimum atomic E-state index is -0.607. The number of benzene rings is 1. The van der Waals surface area contributed by atoms with Crippen LogP contribution in [-0.4, -0.2) is 24.2 Å². The topological polar surface area (TPSA) is 75.4 Å². The monoisotopic (exact) mass is 280 g/mol. The fourth-order valence-corrected chi connectivity index (χ4v) is 2.83. The Morgan fingerprint density at radius 2 is 2.05 bits per heavy atom. The van der Waals surface area contributed by atoms with E-state index in [1.165, 1.54) is 12.1 Å². The Kier molecular flexibility index (Phi) is 4.95. The van der Waals surface area contributed by atoms with Crippen molar-refractivity contribution in [3.63, 3.8) is 0 Å². The number of carbonyl (C=O) groups is 1. The lowest BCUT2D eigenvalue weighted by Gasteiger charge is -2.30. The molecule has 5 heteroatoms. The van der Waals surface area contributed by atoms with Crippen LogP contribution in [0.3, 0.4) is 0 Å². The first-order valence-corrected chi connectivity index (χ1v) is 7.06. The van der Waals surface area contributed by atoms with Gasteiger partial charge in [-0.2, -0.15) is 0 Å². The highest BCUT2D eigenvalue weighted by Gasteiger charge is 2.25.